The minimum Gasteiger partial charge on any atom is -0.313 e. The highest BCUT2D eigenvalue weighted by atomic mass is 32.2. The Kier molecular flexibility index (Phi) is 7.09. The van der Waals surface area contributed by atoms with Crippen LogP contribution in [0.3, 0.4) is 0 Å². The third kappa shape index (κ3) is 4.76. The fourth-order valence-electron chi connectivity index (χ4n) is 5.42. The van der Waals surface area contributed by atoms with Crippen molar-refractivity contribution in [2.24, 2.45) is 0 Å². The molecule has 10 nitrogen and oxygen atoms in total. The Labute approximate surface area is 231 Å². The molecule has 1 fully saturated rings. The molecule has 11 heteroatoms. The van der Waals surface area contributed by atoms with Crippen molar-refractivity contribution in [1.82, 2.24) is 23.4 Å². The number of pyridine rings is 1. The molecule has 3 aromatic heterocycles. The Morgan fingerprint density at radius 1 is 1.05 bits per heavy atom. The maximum atomic E-state index is 13.5. The molecule has 0 spiro atoms. The van der Waals surface area contributed by atoms with Crippen molar-refractivity contribution in [3.05, 3.63) is 90.5 Å². The molecule has 1 atom stereocenters. The van der Waals surface area contributed by atoms with Crippen molar-refractivity contribution in [2.45, 2.75) is 37.2 Å². The third-order valence-electron chi connectivity index (χ3n) is 7.16. The third-order valence-corrected chi connectivity index (χ3v) is 8.84. The van der Waals surface area contributed by atoms with E-state index in [1.165, 1.54) is 21.9 Å². The van der Waals surface area contributed by atoms with Crippen molar-refractivity contribution in [3.8, 4) is 0 Å². The lowest BCUT2D eigenvalue weighted by Crippen LogP contribution is -2.37. The van der Waals surface area contributed by atoms with Crippen LogP contribution in [0.5, 0.6) is 0 Å². The number of aromatic nitrogens is 4. The van der Waals surface area contributed by atoms with Gasteiger partial charge in [-0.2, -0.15) is 4.89 Å². The highest BCUT2D eigenvalue weighted by molar-refractivity contribution is 7.90. The zero-order valence-corrected chi connectivity index (χ0v) is 22.8. The number of carbonyl (C=O) groups excluding carboxylic acids is 1. The first kappa shape index (κ1) is 26.2. The highest BCUT2D eigenvalue weighted by Gasteiger charge is 2.31. The van der Waals surface area contributed by atoms with Crippen LogP contribution in [0.15, 0.2) is 84.0 Å². The standard InChI is InChI=1S/C29H29N5O5S/c1-2-38-39-29(35)28-31-25-18-30-27-24(15-17-33(27)40(36,37)23-13-7-4-8-14-23)26(25)34(28)22-12-9-16-32(20-22)19-21-10-5-3-6-11-21/h3-8,10-11,13-15,17-18,22H,2,9,12,16,19-20H2,1H3/t22-/m1/s1. The van der Waals surface area contributed by atoms with Gasteiger partial charge in [0.15, 0.2) is 5.65 Å². The largest absolute Gasteiger partial charge is 0.408 e. The molecule has 1 aliphatic rings. The average molecular weight is 560 g/mol. The zero-order valence-electron chi connectivity index (χ0n) is 22.0. The molecule has 0 unspecified atom stereocenters. The van der Waals surface area contributed by atoms with Crippen molar-refractivity contribution in [3.63, 3.8) is 0 Å². The molecule has 1 saturated heterocycles. The lowest BCUT2D eigenvalue weighted by molar-refractivity contribution is -0.237. The van der Waals surface area contributed by atoms with E-state index in [9.17, 15) is 13.2 Å². The number of nitrogens with zero attached hydrogens (tertiary/aromatic N) is 5. The number of fused-ring (bicyclic) bond motifs is 3. The lowest BCUT2D eigenvalue weighted by Gasteiger charge is -2.34. The molecule has 0 N–H and O–H groups in total. The topological polar surface area (TPSA) is 109 Å². The molecule has 2 aromatic carbocycles. The van der Waals surface area contributed by atoms with Crippen LogP contribution in [0.2, 0.25) is 0 Å². The Morgan fingerprint density at radius 3 is 2.55 bits per heavy atom. The van der Waals surface area contributed by atoms with Gasteiger partial charge in [-0.25, -0.2) is 27.2 Å². The van der Waals surface area contributed by atoms with Crippen LogP contribution < -0.4 is 0 Å². The number of likely N-dealkylation sites (tertiary alicyclic amines) is 1. The summed E-state index contributed by atoms with van der Waals surface area (Å²) in [5.74, 6) is -0.606. The van der Waals surface area contributed by atoms with Gasteiger partial charge in [0.2, 0.25) is 5.82 Å². The molecular formula is C29H29N5O5S. The summed E-state index contributed by atoms with van der Waals surface area (Å²) in [6, 6.07) is 20.1. The Balaban J connectivity index is 1.47. The van der Waals surface area contributed by atoms with Crippen molar-refractivity contribution in [1.29, 1.82) is 0 Å². The van der Waals surface area contributed by atoms with Gasteiger partial charge in [0.05, 0.1) is 23.2 Å². The molecule has 0 amide bonds. The summed E-state index contributed by atoms with van der Waals surface area (Å²) in [5, 5.41) is 0.583. The summed E-state index contributed by atoms with van der Waals surface area (Å²) in [4.78, 5) is 34.7. The lowest BCUT2D eigenvalue weighted by atomic mass is 10.0. The van der Waals surface area contributed by atoms with Gasteiger partial charge >= 0.3 is 5.97 Å². The van der Waals surface area contributed by atoms with Gasteiger partial charge in [-0.15, -0.1) is 0 Å². The van der Waals surface area contributed by atoms with E-state index in [4.69, 9.17) is 9.78 Å². The smallest absolute Gasteiger partial charge is 0.313 e. The summed E-state index contributed by atoms with van der Waals surface area (Å²) in [5.41, 5.74) is 2.59. The normalized spacial score (nSPS) is 16.5. The van der Waals surface area contributed by atoms with Gasteiger partial charge in [-0.1, -0.05) is 48.5 Å². The minimum atomic E-state index is -3.89. The molecule has 0 aliphatic carbocycles. The highest BCUT2D eigenvalue weighted by Crippen LogP contribution is 2.34. The van der Waals surface area contributed by atoms with Gasteiger partial charge in [0, 0.05) is 30.7 Å². The number of carbonyl (C=O) groups is 1. The molecule has 1 aliphatic heterocycles. The van der Waals surface area contributed by atoms with Crippen LogP contribution in [0.4, 0.5) is 0 Å². The minimum absolute atomic E-state index is 0.1000. The maximum absolute atomic E-state index is 13.5. The van der Waals surface area contributed by atoms with Gasteiger partial charge in [0.1, 0.15) is 5.52 Å². The number of benzene rings is 2. The average Bonchev–Trinajstić information content (AvgIpc) is 3.59. The first-order valence-electron chi connectivity index (χ1n) is 13.3. The SMILES string of the molecule is CCOOC(=O)c1nc2cnc3c(ccn3S(=O)(=O)c3ccccc3)c2n1[C@@H]1CCCN(Cc2ccccc2)C1. The van der Waals surface area contributed by atoms with Crippen molar-refractivity contribution in [2.75, 3.05) is 19.7 Å². The summed E-state index contributed by atoms with van der Waals surface area (Å²) >= 11 is 0. The summed E-state index contributed by atoms with van der Waals surface area (Å²) in [7, 11) is -3.89. The molecule has 40 heavy (non-hydrogen) atoms. The van der Waals surface area contributed by atoms with Crippen LogP contribution in [-0.4, -0.2) is 57.5 Å². The molecule has 0 radical (unpaired) electrons. The number of hydrogen-bond donors (Lipinski definition) is 0. The second kappa shape index (κ2) is 10.8. The summed E-state index contributed by atoms with van der Waals surface area (Å²) in [6.45, 7) is 4.32. The van der Waals surface area contributed by atoms with Gasteiger partial charge in [-0.3, -0.25) is 9.79 Å². The van der Waals surface area contributed by atoms with Gasteiger partial charge in [0.25, 0.3) is 10.0 Å². The van der Waals surface area contributed by atoms with Crippen LogP contribution in [-0.2, 0) is 26.3 Å². The Bertz CT molecular complexity index is 1770. The number of piperidine rings is 1. The van der Waals surface area contributed by atoms with E-state index >= 15 is 0 Å². The van der Waals surface area contributed by atoms with Crippen LogP contribution in [0.25, 0.3) is 22.1 Å². The quantitative estimate of drug-likeness (QED) is 0.201. The number of hydrogen-bond acceptors (Lipinski definition) is 8. The van der Waals surface area contributed by atoms with E-state index in [-0.39, 0.29) is 29.0 Å². The Hall–Kier alpha value is -4.06. The van der Waals surface area contributed by atoms with E-state index in [0.717, 1.165) is 25.9 Å². The van der Waals surface area contributed by atoms with E-state index < -0.39 is 16.0 Å². The maximum Gasteiger partial charge on any atom is 0.408 e. The van der Waals surface area contributed by atoms with E-state index in [0.29, 0.717) is 23.0 Å². The predicted octanol–water partition coefficient (Wildman–Crippen LogP) is 4.57. The van der Waals surface area contributed by atoms with Crippen LogP contribution >= 0.6 is 0 Å². The molecule has 4 heterocycles. The second-order valence-corrected chi connectivity index (χ2v) is 11.6. The first-order chi connectivity index (χ1) is 19.5. The second-order valence-electron chi connectivity index (χ2n) is 9.76. The van der Waals surface area contributed by atoms with E-state index in [1.807, 2.05) is 22.8 Å². The van der Waals surface area contributed by atoms with Gasteiger partial charge in [-0.05, 0) is 50.1 Å². The molecule has 5 aromatic rings. The van der Waals surface area contributed by atoms with Crippen molar-refractivity contribution >= 4 is 38.1 Å². The summed E-state index contributed by atoms with van der Waals surface area (Å²) in [6.07, 6.45) is 4.75. The Morgan fingerprint density at radius 2 is 1.80 bits per heavy atom. The molecule has 6 rings (SSSR count). The summed E-state index contributed by atoms with van der Waals surface area (Å²) < 4.78 is 30.0. The first-order valence-corrected chi connectivity index (χ1v) is 14.7. The number of imidazole rings is 1. The van der Waals surface area contributed by atoms with Gasteiger partial charge < -0.3 is 4.57 Å². The monoisotopic (exact) mass is 559 g/mol. The fourth-order valence-corrected chi connectivity index (χ4v) is 6.75. The molecular weight excluding hydrogens is 530 g/mol. The van der Waals surface area contributed by atoms with Crippen LogP contribution in [0.1, 0.15) is 42.0 Å². The zero-order chi connectivity index (χ0) is 27.7. The fraction of sp³-hybridized carbons (Fsp3) is 0.276. The number of rotatable bonds is 8. The predicted molar refractivity (Wildman–Crippen MR) is 149 cm³/mol. The van der Waals surface area contributed by atoms with E-state index in [1.54, 1.807) is 43.3 Å². The van der Waals surface area contributed by atoms with E-state index in [2.05, 4.69) is 27.0 Å². The van der Waals surface area contributed by atoms with Crippen molar-refractivity contribution < 1.29 is 23.0 Å². The molecule has 0 saturated carbocycles. The molecule has 0 bridgehead atoms. The molecule has 206 valence electrons. The van der Waals surface area contributed by atoms with Crippen LogP contribution in [0, 0.1) is 0 Å².